The van der Waals surface area contributed by atoms with Gasteiger partial charge in [-0.15, -0.1) is 0 Å². The van der Waals surface area contributed by atoms with Crippen molar-refractivity contribution in [2.75, 3.05) is 43.9 Å². The minimum Gasteiger partial charge on any atom is -0.345 e. The third-order valence-corrected chi connectivity index (χ3v) is 8.33. The molecule has 2 aromatic rings. The van der Waals surface area contributed by atoms with E-state index in [4.69, 9.17) is 16.6 Å². The van der Waals surface area contributed by atoms with E-state index < -0.39 is 16.1 Å². The number of halogens is 1. The number of carbonyl (C=O) groups is 1. The maximum absolute atomic E-state index is 12.9. The molecule has 10 heteroatoms. The summed E-state index contributed by atoms with van der Waals surface area (Å²) < 4.78 is 26.2. The van der Waals surface area contributed by atoms with Crippen LogP contribution in [0.25, 0.3) is 10.2 Å². The number of piperazine rings is 1. The van der Waals surface area contributed by atoms with Crippen LogP contribution < -0.4 is 4.90 Å². The molecule has 1 amide bonds. The summed E-state index contributed by atoms with van der Waals surface area (Å²) in [7, 11) is -3.36. The zero-order chi connectivity index (χ0) is 20.1. The van der Waals surface area contributed by atoms with Crippen molar-refractivity contribution in [3.05, 3.63) is 22.7 Å². The summed E-state index contributed by atoms with van der Waals surface area (Å²) in [6.45, 7) is 4.93. The van der Waals surface area contributed by atoms with Gasteiger partial charge in [0.1, 0.15) is 6.04 Å². The van der Waals surface area contributed by atoms with E-state index in [-0.39, 0.29) is 5.91 Å². The summed E-state index contributed by atoms with van der Waals surface area (Å²) in [6.07, 6.45) is 2.51. The number of anilines is 1. The Morgan fingerprint density at radius 3 is 2.57 bits per heavy atom. The molecule has 2 aliphatic rings. The standard InChI is InChI=1S/C18H23ClN4O3S2/c1-12-5-6-13(19)16-15(12)20-18(27-16)22-10-8-21(9-11-22)17(24)14-4-3-7-23(14)28(2,25)26/h5-6,14H,3-4,7-11H2,1-2H3. The Morgan fingerprint density at radius 1 is 1.21 bits per heavy atom. The molecule has 1 atom stereocenters. The average molecular weight is 443 g/mol. The molecule has 2 fully saturated rings. The summed E-state index contributed by atoms with van der Waals surface area (Å²) in [5.74, 6) is -0.0780. The Hall–Kier alpha value is -1.42. The van der Waals surface area contributed by atoms with Gasteiger partial charge in [0.05, 0.1) is 21.5 Å². The molecular formula is C18H23ClN4O3S2. The molecule has 0 aliphatic carbocycles. The fraction of sp³-hybridized carbons (Fsp3) is 0.556. The molecule has 0 spiro atoms. The highest BCUT2D eigenvalue weighted by molar-refractivity contribution is 7.88. The molecule has 3 heterocycles. The van der Waals surface area contributed by atoms with Crippen molar-refractivity contribution < 1.29 is 13.2 Å². The van der Waals surface area contributed by atoms with Crippen LogP contribution in [0.1, 0.15) is 18.4 Å². The summed E-state index contributed by atoms with van der Waals surface area (Å²) >= 11 is 7.89. The number of hydrogen-bond donors (Lipinski definition) is 0. The van der Waals surface area contributed by atoms with Crippen LogP contribution in [-0.2, 0) is 14.8 Å². The highest BCUT2D eigenvalue weighted by Gasteiger charge is 2.39. The zero-order valence-corrected chi connectivity index (χ0v) is 18.3. The van der Waals surface area contributed by atoms with E-state index in [2.05, 4.69) is 4.90 Å². The fourth-order valence-corrected chi connectivity index (χ4v) is 6.43. The second kappa shape index (κ2) is 7.44. The molecule has 4 rings (SSSR count). The van der Waals surface area contributed by atoms with Crippen LogP contribution in [-0.4, -0.2) is 73.5 Å². The Kier molecular flexibility index (Phi) is 5.28. The van der Waals surface area contributed by atoms with Gasteiger partial charge in [0.15, 0.2) is 5.13 Å². The first-order valence-electron chi connectivity index (χ1n) is 9.32. The van der Waals surface area contributed by atoms with Gasteiger partial charge in [-0.25, -0.2) is 13.4 Å². The third kappa shape index (κ3) is 3.60. The molecule has 0 bridgehead atoms. The van der Waals surface area contributed by atoms with Crippen LogP contribution in [0.3, 0.4) is 0 Å². The van der Waals surface area contributed by atoms with Crippen LogP contribution in [0.5, 0.6) is 0 Å². The van der Waals surface area contributed by atoms with Gasteiger partial charge in [-0.2, -0.15) is 4.31 Å². The first kappa shape index (κ1) is 19.9. The molecular weight excluding hydrogens is 420 g/mol. The monoisotopic (exact) mass is 442 g/mol. The lowest BCUT2D eigenvalue weighted by Crippen LogP contribution is -2.54. The summed E-state index contributed by atoms with van der Waals surface area (Å²) in [5.41, 5.74) is 2.03. The molecule has 1 aromatic carbocycles. The summed E-state index contributed by atoms with van der Waals surface area (Å²) in [5, 5.41) is 1.62. The topological polar surface area (TPSA) is 73.8 Å². The van der Waals surface area contributed by atoms with Gasteiger partial charge in [0, 0.05) is 32.7 Å². The predicted octanol–water partition coefficient (Wildman–Crippen LogP) is 2.33. The molecule has 2 aliphatic heterocycles. The van der Waals surface area contributed by atoms with E-state index in [1.807, 2.05) is 19.1 Å². The molecule has 1 aromatic heterocycles. The SMILES string of the molecule is Cc1ccc(Cl)c2sc(N3CCN(C(=O)C4CCCN4S(C)(=O)=O)CC3)nc12. The Morgan fingerprint density at radius 2 is 1.93 bits per heavy atom. The number of nitrogens with zero attached hydrogens (tertiary/aromatic N) is 4. The van der Waals surface area contributed by atoms with Crippen molar-refractivity contribution >= 4 is 54.2 Å². The van der Waals surface area contributed by atoms with E-state index >= 15 is 0 Å². The number of carbonyl (C=O) groups excluding carboxylic acids is 1. The first-order valence-corrected chi connectivity index (χ1v) is 12.4. The zero-order valence-electron chi connectivity index (χ0n) is 15.9. The van der Waals surface area contributed by atoms with Gasteiger partial charge < -0.3 is 9.80 Å². The van der Waals surface area contributed by atoms with Crippen LogP contribution >= 0.6 is 22.9 Å². The highest BCUT2D eigenvalue weighted by atomic mass is 35.5. The quantitative estimate of drug-likeness (QED) is 0.729. The third-order valence-electron chi connectivity index (χ3n) is 5.46. The van der Waals surface area contributed by atoms with Crippen molar-refractivity contribution in [3.63, 3.8) is 0 Å². The average Bonchev–Trinajstić information content (AvgIpc) is 3.32. The lowest BCUT2D eigenvalue weighted by molar-refractivity contribution is -0.134. The van der Waals surface area contributed by atoms with Gasteiger partial charge in [0.2, 0.25) is 15.9 Å². The van der Waals surface area contributed by atoms with Crippen molar-refractivity contribution in [2.45, 2.75) is 25.8 Å². The van der Waals surface area contributed by atoms with Crippen LogP contribution in [0.15, 0.2) is 12.1 Å². The molecule has 0 N–H and O–H groups in total. The summed E-state index contributed by atoms with van der Waals surface area (Å²) in [6, 6.07) is 3.32. The van der Waals surface area contributed by atoms with Gasteiger partial charge in [0.25, 0.3) is 0 Å². The van der Waals surface area contributed by atoms with Crippen molar-refractivity contribution in [1.82, 2.24) is 14.2 Å². The van der Waals surface area contributed by atoms with Gasteiger partial charge in [-0.05, 0) is 31.4 Å². The Balaban J connectivity index is 1.46. The number of fused-ring (bicyclic) bond motifs is 1. The van der Waals surface area contributed by atoms with Crippen molar-refractivity contribution in [3.8, 4) is 0 Å². The van der Waals surface area contributed by atoms with E-state index in [0.717, 1.165) is 27.3 Å². The summed E-state index contributed by atoms with van der Waals surface area (Å²) in [4.78, 5) is 21.6. The van der Waals surface area contributed by atoms with Gasteiger partial charge in [-0.1, -0.05) is 29.0 Å². The number of hydrogen-bond acceptors (Lipinski definition) is 6. The van der Waals surface area contributed by atoms with Gasteiger partial charge in [-0.3, -0.25) is 4.79 Å². The molecule has 0 radical (unpaired) electrons. The second-order valence-corrected chi connectivity index (χ2v) is 10.7. The molecule has 1 unspecified atom stereocenters. The minimum atomic E-state index is -3.36. The minimum absolute atomic E-state index is 0.0780. The number of aromatic nitrogens is 1. The Labute approximate surface area is 173 Å². The predicted molar refractivity (Wildman–Crippen MR) is 113 cm³/mol. The number of rotatable bonds is 3. The largest absolute Gasteiger partial charge is 0.345 e. The highest BCUT2D eigenvalue weighted by Crippen LogP contribution is 2.36. The molecule has 0 saturated carbocycles. The maximum atomic E-state index is 12.9. The molecule has 152 valence electrons. The fourth-order valence-electron chi connectivity index (χ4n) is 3.94. The number of aryl methyl sites for hydroxylation is 1. The maximum Gasteiger partial charge on any atom is 0.241 e. The number of benzene rings is 1. The number of amides is 1. The number of sulfonamides is 1. The van der Waals surface area contributed by atoms with E-state index in [0.29, 0.717) is 44.2 Å². The van der Waals surface area contributed by atoms with Crippen LogP contribution in [0.4, 0.5) is 5.13 Å². The van der Waals surface area contributed by atoms with Crippen molar-refractivity contribution in [1.29, 1.82) is 0 Å². The van der Waals surface area contributed by atoms with Gasteiger partial charge >= 0.3 is 0 Å². The molecule has 7 nitrogen and oxygen atoms in total. The van der Waals surface area contributed by atoms with Crippen LogP contribution in [0.2, 0.25) is 5.02 Å². The first-order chi connectivity index (χ1) is 13.3. The Bertz CT molecular complexity index is 976. The van der Waals surface area contributed by atoms with E-state index in [1.54, 1.807) is 16.2 Å². The molecule has 28 heavy (non-hydrogen) atoms. The normalized spacial score (nSPS) is 21.6. The number of thiazole rings is 1. The van der Waals surface area contributed by atoms with Crippen LogP contribution in [0, 0.1) is 6.92 Å². The second-order valence-electron chi connectivity index (χ2n) is 7.38. The molecule has 2 saturated heterocycles. The van der Waals surface area contributed by atoms with Crippen molar-refractivity contribution in [2.24, 2.45) is 0 Å². The van der Waals surface area contributed by atoms with E-state index in [1.165, 1.54) is 10.6 Å². The lowest BCUT2D eigenvalue weighted by Gasteiger charge is -2.36. The smallest absolute Gasteiger partial charge is 0.241 e. The van der Waals surface area contributed by atoms with E-state index in [9.17, 15) is 13.2 Å². The lowest BCUT2D eigenvalue weighted by atomic mass is 10.2.